The highest BCUT2D eigenvalue weighted by atomic mass is 32.2. The van der Waals surface area contributed by atoms with Crippen LogP contribution in [0, 0.1) is 0 Å². The molecular weight excluding hydrogens is 302 g/mol. The Bertz CT molecular complexity index is 622. The molecule has 0 aliphatic heterocycles. The second kappa shape index (κ2) is 6.66. The molecule has 0 saturated heterocycles. The molecule has 0 radical (unpaired) electrons. The van der Waals surface area contributed by atoms with E-state index in [1.165, 1.54) is 10.6 Å². The SMILES string of the molecule is CN(C)c1ccc(NC(=O)CCN(C2CC2)S(C)(=O)=O)cc1. The van der Waals surface area contributed by atoms with Crippen molar-refractivity contribution in [2.45, 2.75) is 25.3 Å². The number of hydrogen-bond donors (Lipinski definition) is 1. The fourth-order valence-corrected chi connectivity index (χ4v) is 3.44. The Kier molecular flexibility index (Phi) is 5.08. The maximum atomic E-state index is 12.0. The fraction of sp³-hybridized carbons (Fsp3) is 0.533. The number of anilines is 2. The molecule has 0 bridgehead atoms. The molecule has 1 aromatic rings. The van der Waals surface area contributed by atoms with Gasteiger partial charge in [0, 0.05) is 44.5 Å². The average Bonchev–Trinajstić information content (AvgIpc) is 3.22. The molecule has 6 nitrogen and oxygen atoms in total. The molecular formula is C15H23N3O3S. The van der Waals surface area contributed by atoms with Gasteiger partial charge in [0.25, 0.3) is 0 Å². The van der Waals surface area contributed by atoms with E-state index in [1.807, 2.05) is 43.3 Å². The Morgan fingerprint density at radius 2 is 1.82 bits per heavy atom. The van der Waals surface area contributed by atoms with E-state index < -0.39 is 10.0 Å². The zero-order valence-corrected chi connectivity index (χ0v) is 14.1. The summed E-state index contributed by atoms with van der Waals surface area (Å²) in [6, 6.07) is 7.60. The molecule has 0 unspecified atom stereocenters. The zero-order chi connectivity index (χ0) is 16.3. The fourth-order valence-electron chi connectivity index (χ4n) is 2.26. The van der Waals surface area contributed by atoms with Crippen molar-refractivity contribution < 1.29 is 13.2 Å². The van der Waals surface area contributed by atoms with Gasteiger partial charge >= 0.3 is 0 Å². The first-order chi connectivity index (χ1) is 10.3. The summed E-state index contributed by atoms with van der Waals surface area (Å²) >= 11 is 0. The van der Waals surface area contributed by atoms with E-state index in [9.17, 15) is 13.2 Å². The van der Waals surface area contributed by atoms with E-state index in [0.29, 0.717) is 5.69 Å². The molecule has 1 aromatic carbocycles. The summed E-state index contributed by atoms with van der Waals surface area (Å²) in [5, 5.41) is 2.80. The Morgan fingerprint density at radius 1 is 1.23 bits per heavy atom. The second-order valence-electron chi connectivity index (χ2n) is 5.84. The minimum absolute atomic E-state index is 0.0853. The zero-order valence-electron chi connectivity index (χ0n) is 13.2. The van der Waals surface area contributed by atoms with Gasteiger partial charge in [-0.25, -0.2) is 8.42 Å². The number of benzene rings is 1. The number of nitrogens with zero attached hydrogens (tertiary/aromatic N) is 2. The molecule has 0 aromatic heterocycles. The van der Waals surface area contributed by atoms with E-state index in [4.69, 9.17) is 0 Å². The average molecular weight is 325 g/mol. The quantitative estimate of drug-likeness (QED) is 0.825. The van der Waals surface area contributed by atoms with Crippen LogP contribution in [0.5, 0.6) is 0 Å². The van der Waals surface area contributed by atoms with Gasteiger partial charge in [-0.1, -0.05) is 0 Å². The van der Waals surface area contributed by atoms with Gasteiger partial charge in [-0.05, 0) is 37.1 Å². The van der Waals surface area contributed by atoms with Crippen LogP contribution in [-0.4, -0.2) is 51.6 Å². The molecule has 1 N–H and O–H groups in total. The van der Waals surface area contributed by atoms with Crippen molar-refractivity contribution in [2.24, 2.45) is 0 Å². The molecule has 0 heterocycles. The molecule has 1 fully saturated rings. The number of rotatable bonds is 7. The molecule has 1 saturated carbocycles. The summed E-state index contributed by atoms with van der Waals surface area (Å²) in [6.45, 7) is 0.241. The highest BCUT2D eigenvalue weighted by Gasteiger charge is 2.34. The van der Waals surface area contributed by atoms with Gasteiger partial charge in [-0.3, -0.25) is 4.79 Å². The Labute approximate surface area is 132 Å². The Morgan fingerprint density at radius 3 is 2.27 bits per heavy atom. The van der Waals surface area contributed by atoms with Gasteiger partial charge in [0.2, 0.25) is 15.9 Å². The summed E-state index contributed by atoms with van der Waals surface area (Å²) in [5.41, 5.74) is 1.77. The maximum Gasteiger partial charge on any atom is 0.225 e. The lowest BCUT2D eigenvalue weighted by atomic mass is 10.2. The highest BCUT2D eigenvalue weighted by molar-refractivity contribution is 7.88. The molecule has 122 valence electrons. The van der Waals surface area contributed by atoms with Gasteiger partial charge < -0.3 is 10.2 Å². The first-order valence-corrected chi connectivity index (χ1v) is 9.16. The van der Waals surface area contributed by atoms with Crippen LogP contribution >= 0.6 is 0 Å². The number of sulfonamides is 1. The van der Waals surface area contributed by atoms with E-state index in [0.717, 1.165) is 18.5 Å². The number of amides is 1. The summed E-state index contributed by atoms with van der Waals surface area (Å²) in [6.07, 6.45) is 3.14. The van der Waals surface area contributed by atoms with E-state index in [1.54, 1.807) is 0 Å². The number of carbonyl (C=O) groups is 1. The van der Waals surface area contributed by atoms with Crippen LogP contribution in [0.3, 0.4) is 0 Å². The Balaban J connectivity index is 1.87. The molecule has 2 rings (SSSR count). The summed E-state index contributed by atoms with van der Waals surface area (Å²) in [5.74, 6) is -0.174. The smallest absolute Gasteiger partial charge is 0.225 e. The van der Waals surface area contributed by atoms with Crippen molar-refractivity contribution >= 4 is 27.3 Å². The lowest BCUT2D eigenvalue weighted by Gasteiger charge is -2.19. The first kappa shape index (κ1) is 16.8. The van der Waals surface area contributed by atoms with Crippen molar-refractivity contribution in [3.8, 4) is 0 Å². The largest absolute Gasteiger partial charge is 0.378 e. The van der Waals surface area contributed by atoms with E-state index in [-0.39, 0.29) is 24.9 Å². The Hall–Kier alpha value is -1.60. The third-order valence-corrected chi connectivity index (χ3v) is 4.94. The van der Waals surface area contributed by atoms with Crippen LogP contribution in [0.25, 0.3) is 0 Å². The molecule has 1 amide bonds. The molecule has 22 heavy (non-hydrogen) atoms. The normalized spacial score (nSPS) is 14.9. The summed E-state index contributed by atoms with van der Waals surface area (Å²) in [7, 11) is 0.662. The van der Waals surface area contributed by atoms with Gasteiger partial charge in [0.1, 0.15) is 0 Å². The van der Waals surface area contributed by atoms with Crippen LogP contribution in [0.15, 0.2) is 24.3 Å². The van der Waals surface area contributed by atoms with E-state index in [2.05, 4.69) is 5.32 Å². The summed E-state index contributed by atoms with van der Waals surface area (Å²) in [4.78, 5) is 13.9. The third kappa shape index (κ3) is 4.71. The van der Waals surface area contributed by atoms with Crippen molar-refractivity contribution in [1.29, 1.82) is 0 Å². The van der Waals surface area contributed by atoms with Crippen molar-refractivity contribution in [1.82, 2.24) is 4.31 Å². The van der Waals surface area contributed by atoms with Crippen molar-refractivity contribution in [3.63, 3.8) is 0 Å². The molecule has 1 aliphatic carbocycles. The number of nitrogens with one attached hydrogen (secondary N) is 1. The molecule has 0 atom stereocenters. The minimum Gasteiger partial charge on any atom is -0.378 e. The predicted molar refractivity (Wildman–Crippen MR) is 88.6 cm³/mol. The highest BCUT2D eigenvalue weighted by Crippen LogP contribution is 2.28. The predicted octanol–water partition coefficient (Wildman–Crippen LogP) is 1.51. The summed E-state index contributed by atoms with van der Waals surface area (Å²) < 4.78 is 24.8. The van der Waals surface area contributed by atoms with Crippen LogP contribution in [0.4, 0.5) is 11.4 Å². The maximum absolute atomic E-state index is 12.0. The second-order valence-corrected chi connectivity index (χ2v) is 7.78. The third-order valence-electron chi connectivity index (χ3n) is 3.61. The minimum atomic E-state index is -3.24. The monoisotopic (exact) mass is 325 g/mol. The lowest BCUT2D eigenvalue weighted by Crippen LogP contribution is -2.34. The first-order valence-electron chi connectivity index (χ1n) is 7.31. The van der Waals surface area contributed by atoms with Gasteiger partial charge in [0.15, 0.2) is 0 Å². The van der Waals surface area contributed by atoms with Gasteiger partial charge in [-0.2, -0.15) is 4.31 Å². The topological polar surface area (TPSA) is 69.7 Å². The van der Waals surface area contributed by atoms with Crippen molar-refractivity contribution in [2.75, 3.05) is 37.1 Å². The standard InChI is InChI=1S/C15H23N3O3S/c1-17(2)13-6-4-12(5-7-13)16-15(19)10-11-18(14-8-9-14)22(3,20)21/h4-7,14H,8-11H2,1-3H3,(H,16,19). The van der Waals surface area contributed by atoms with Crippen LogP contribution in [-0.2, 0) is 14.8 Å². The molecule has 0 spiro atoms. The van der Waals surface area contributed by atoms with Gasteiger partial charge in [-0.15, -0.1) is 0 Å². The van der Waals surface area contributed by atoms with Gasteiger partial charge in [0.05, 0.1) is 6.26 Å². The van der Waals surface area contributed by atoms with Crippen LogP contribution in [0.2, 0.25) is 0 Å². The van der Waals surface area contributed by atoms with Crippen LogP contribution in [0.1, 0.15) is 19.3 Å². The van der Waals surface area contributed by atoms with Crippen molar-refractivity contribution in [3.05, 3.63) is 24.3 Å². The molecule has 7 heteroatoms. The molecule has 1 aliphatic rings. The number of carbonyl (C=O) groups excluding carboxylic acids is 1. The van der Waals surface area contributed by atoms with E-state index >= 15 is 0 Å². The lowest BCUT2D eigenvalue weighted by molar-refractivity contribution is -0.116. The number of hydrogen-bond acceptors (Lipinski definition) is 4. The van der Waals surface area contributed by atoms with Crippen LogP contribution < -0.4 is 10.2 Å².